The summed E-state index contributed by atoms with van der Waals surface area (Å²) in [6, 6.07) is 17.0. The molecule has 2 aromatic carbocycles. The molecule has 27 heavy (non-hydrogen) atoms. The van der Waals surface area contributed by atoms with E-state index in [1.54, 1.807) is 18.2 Å². The number of aromatic nitrogens is 2. The van der Waals surface area contributed by atoms with E-state index >= 15 is 0 Å². The molecule has 0 saturated heterocycles. The Morgan fingerprint density at radius 1 is 1.04 bits per heavy atom. The predicted molar refractivity (Wildman–Crippen MR) is 99.1 cm³/mol. The monoisotopic (exact) mass is 367 g/mol. The largest absolute Gasteiger partial charge is 0.481 e. The zero-order chi connectivity index (χ0) is 19.2. The molecule has 0 unspecified atom stereocenters. The molecular formula is C20H18FN3O3. The minimum atomic E-state index is -0.945. The molecule has 6 nitrogen and oxygen atoms in total. The van der Waals surface area contributed by atoms with Crippen molar-refractivity contribution in [2.45, 2.75) is 19.3 Å². The number of rotatable bonds is 7. The molecule has 7 heteroatoms. The zero-order valence-corrected chi connectivity index (χ0v) is 14.4. The maximum absolute atomic E-state index is 13.6. The molecular weight excluding hydrogens is 349 g/mol. The fourth-order valence-electron chi connectivity index (χ4n) is 2.63. The van der Waals surface area contributed by atoms with Crippen molar-refractivity contribution in [1.82, 2.24) is 9.78 Å². The topological polar surface area (TPSA) is 84.2 Å². The highest BCUT2D eigenvalue weighted by molar-refractivity contribution is 5.91. The first-order chi connectivity index (χ1) is 13.0. The third-order valence-electron chi connectivity index (χ3n) is 3.89. The van der Waals surface area contributed by atoms with Gasteiger partial charge in [0.2, 0.25) is 5.91 Å². The fourth-order valence-corrected chi connectivity index (χ4v) is 2.63. The van der Waals surface area contributed by atoms with E-state index in [4.69, 9.17) is 5.11 Å². The lowest BCUT2D eigenvalue weighted by Gasteiger charge is -2.08. The van der Waals surface area contributed by atoms with E-state index in [0.717, 1.165) is 5.56 Å². The second kappa shape index (κ2) is 8.27. The number of hydrogen-bond acceptors (Lipinski definition) is 3. The number of carbonyl (C=O) groups excluding carboxylic acids is 1. The number of nitrogens with one attached hydrogen (secondary N) is 1. The molecule has 0 aliphatic heterocycles. The number of nitrogens with zero attached hydrogens (tertiary/aromatic N) is 2. The number of anilines is 1. The Kier molecular flexibility index (Phi) is 5.61. The molecule has 138 valence electrons. The van der Waals surface area contributed by atoms with E-state index in [0.29, 0.717) is 17.2 Å². The van der Waals surface area contributed by atoms with Gasteiger partial charge < -0.3 is 10.4 Å². The van der Waals surface area contributed by atoms with Crippen LogP contribution in [0.25, 0.3) is 16.9 Å². The maximum atomic E-state index is 13.6. The van der Waals surface area contributed by atoms with Crippen LogP contribution in [0.3, 0.4) is 0 Å². The Bertz CT molecular complexity index is 954. The van der Waals surface area contributed by atoms with Crippen molar-refractivity contribution in [2.24, 2.45) is 0 Å². The summed E-state index contributed by atoms with van der Waals surface area (Å²) < 4.78 is 15.1. The van der Waals surface area contributed by atoms with Crippen LogP contribution in [0.2, 0.25) is 0 Å². The molecule has 1 aromatic heterocycles. The molecule has 0 bridgehead atoms. The van der Waals surface area contributed by atoms with Gasteiger partial charge in [0, 0.05) is 24.5 Å². The van der Waals surface area contributed by atoms with Gasteiger partial charge in [0.05, 0.1) is 11.4 Å². The Morgan fingerprint density at radius 3 is 2.52 bits per heavy atom. The van der Waals surface area contributed by atoms with Crippen LogP contribution < -0.4 is 5.32 Å². The van der Waals surface area contributed by atoms with Gasteiger partial charge in [-0.25, -0.2) is 9.07 Å². The SMILES string of the molecule is O=C(O)CCCC(=O)Nc1cc(-c2ccccc2)nn1-c1cccc(F)c1. The smallest absolute Gasteiger partial charge is 0.303 e. The van der Waals surface area contributed by atoms with Gasteiger partial charge >= 0.3 is 5.97 Å². The van der Waals surface area contributed by atoms with Gasteiger partial charge in [-0.2, -0.15) is 5.10 Å². The highest BCUT2D eigenvalue weighted by Crippen LogP contribution is 2.25. The first-order valence-electron chi connectivity index (χ1n) is 8.46. The van der Waals surface area contributed by atoms with Gasteiger partial charge in [-0.15, -0.1) is 0 Å². The van der Waals surface area contributed by atoms with Gasteiger partial charge in [0.15, 0.2) is 0 Å². The van der Waals surface area contributed by atoms with E-state index in [1.165, 1.54) is 16.8 Å². The van der Waals surface area contributed by atoms with Gasteiger partial charge in [-0.1, -0.05) is 36.4 Å². The summed E-state index contributed by atoms with van der Waals surface area (Å²) >= 11 is 0. The predicted octanol–water partition coefficient (Wildman–Crippen LogP) is 3.87. The molecule has 2 N–H and O–H groups in total. The Morgan fingerprint density at radius 2 is 1.81 bits per heavy atom. The molecule has 0 atom stereocenters. The van der Waals surface area contributed by atoms with E-state index in [2.05, 4.69) is 10.4 Å². The van der Waals surface area contributed by atoms with E-state index in [-0.39, 0.29) is 25.2 Å². The summed E-state index contributed by atoms with van der Waals surface area (Å²) in [5.41, 5.74) is 1.95. The number of carboxylic acids is 1. The maximum Gasteiger partial charge on any atom is 0.303 e. The van der Waals surface area contributed by atoms with Crippen molar-refractivity contribution >= 4 is 17.7 Å². The van der Waals surface area contributed by atoms with Crippen LogP contribution in [0, 0.1) is 5.82 Å². The first kappa shape index (κ1) is 18.3. The van der Waals surface area contributed by atoms with Crippen molar-refractivity contribution in [2.75, 3.05) is 5.32 Å². The van der Waals surface area contributed by atoms with Crippen LogP contribution in [-0.2, 0) is 9.59 Å². The van der Waals surface area contributed by atoms with Gasteiger partial charge in [-0.3, -0.25) is 9.59 Å². The van der Waals surface area contributed by atoms with Crippen molar-refractivity contribution in [3.8, 4) is 16.9 Å². The number of benzene rings is 2. The normalized spacial score (nSPS) is 10.6. The highest BCUT2D eigenvalue weighted by atomic mass is 19.1. The van der Waals surface area contributed by atoms with E-state index in [9.17, 15) is 14.0 Å². The Hall–Kier alpha value is -3.48. The first-order valence-corrected chi connectivity index (χ1v) is 8.46. The summed E-state index contributed by atoms with van der Waals surface area (Å²) in [7, 11) is 0. The molecule has 0 saturated carbocycles. The Labute approximate surface area is 155 Å². The van der Waals surface area contributed by atoms with Crippen LogP contribution in [0.5, 0.6) is 0 Å². The number of carbonyl (C=O) groups is 2. The molecule has 1 amide bonds. The summed E-state index contributed by atoms with van der Waals surface area (Å²) in [5.74, 6) is -1.30. The minimum absolute atomic E-state index is 0.0707. The van der Waals surface area contributed by atoms with Crippen molar-refractivity contribution < 1.29 is 19.1 Å². The average molecular weight is 367 g/mol. The molecule has 0 aliphatic rings. The standard InChI is InChI=1S/C20H18FN3O3/c21-15-8-4-9-16(12-15)24-18(22-19(25)10-5-11-20(26)27)13-17(23-24)14-6-2-1-3-7-14/h1-4,6-9,12-13H,5,10-11H2,(H,22,25)(H,26,27). The van der Waals surface area contributed by atoms with Crippen molar-refractivity contribution in [3.05, 3.63) is 66.5 Å². The second-order valence-electron chi connectivity index (χ2n) is 5.97. The number of halogens is 1. The van der Waals surface area contributed by atoms with E-state index in [1.807, 2.05) is 30.3 Å². The third kappa shape index (κ3) is 4.78. The lowest BCUT2D eigenvalue weighted by Crippen LogP contribution is -2.15. The summed E-state index contributed by atoms with van der Waals surface area (Å²) in [5, 5.41) is 15.9. The summed E-state index contributed by atoms with van der Waals surface area (Å²) in [6.45, 7) is 0. The van der Waals surface area contributed by atoms with Gasteiger partial charge in [0.25, 0.3) is 0 Å². The van der Waals surface area contributed by atoms with Crippen LogP contribution in [-0.4, -0.2) is 26.8 Å². The van der Waals surface area contributed by atoms with Gasteiger partial charge in [0.1, 0.15) is 11.6 Å². The second-order valence-corrected chi connectivity index (χ2v) is 5.97. The number of carboxylic acid groups (broad SMARTS) is 1. The quantitative estimate of drug-likeness (QED) is 0.664. The molecule has 0 fully saturated rings. The van der Waals surface area contributed by atoms with Crippen molar-refractivity contribution in [1.29, 1.82) is 0 Å². The van der Waals surface area contributed by atoms with Crippen LogP contribution in [0.1, 0.15) is 19.3 Å². The molecule has 3 rings (SSSR count). The highest BCUT2D eigenvalue weighted by Gasteiger charge is 2.14. The van der Waals surface area contributed by atoms with Gasteiger partial charge in [-0.05, 0) is 24.6 Å². The lowest BCUT2D eigenvalue weighted by atomic mass is 10.1. The lowest BCUT2D eigenvalue weighted by molar-refractivity contribution is -0.137. The van der Waals surface area contributed by atoms with Crippen molar-refractivity contribution in [3.63, 3.8) is 0 Å². The van der Waals surface area contributed by atoms with E-state index < -0.39 is 11.8 Å². The molecule has 0 spiro atoms. The molecule has 0 radical (unpaired) electrons. The number of aliphatic carboxylic acids is 1. The summed E-state index contributed by atoms with van der Waals surface area (Å²) in [6.07, 6.45) is 0.230. The van der Waals surface area contributed by atoms with Crippen LogP contribution in [0.15, 0.2) is 60.7 Å². The number of hydrogen-bond donors (Lipinski definition) is 2. The minimum Gasteiger partial charge on any atom is -0.481 e. The molecule has 1 heterocycles. The van der Waals surface area contributed by atoms with Crippen LogP contribution in [0.4, 0.5) is 10.2 Å². The Balaban J connectivity index is 1.89. The van der Waals surface area contributed by atoms with Crippen LogP contribution >= 0.6 is 0 Å². The molecule has 0 aliphatic carbocycles. The average Bonchev–Trinajstić information content (AvgIpc) is 3.06. The number of amides is 1. The third-order valence-corrected chi connectivity index (χ3v) is 3.89. The summed E-state index contributed by atoms with van der Waals surface area (Å²) in [4.78, 5) is 22.8. The molecule has 3 aromatic rings. The zero-order valence-electron chi connectivity index (χ0n) is 14.4. The fraction of sp³-hybridized carbons (Fsp3) is 0.150.